The van der Waals surface area contributed by atoms with E-state index in [9.17, 15) is 9.59 Å². The first kappa shape index (κ1) is 12.0. The first-order valence-electron chi connectivity index (χ1n) is 4.51. The fourth-order valence-electron chi connectivity index (χ4n) is 1.13. The smallest absolute Gasteiger partial charge is 0.311 e. The Labute approximate surface area is 92.6 Å². The standard InChI is InChI=1S/C10H12N2O4/c1-15-9-4-7(11-6-13)3-8(12-9)5-10(14)16-2/h3-4,6H,5H2,1-2H3,(H,11,12,13). The van der Waals surface area contributed by atoms with Gasteiger partial charge in [-0.3, -0.25) is 9.59 Å². The second-order valence-electron chi connectivity index (χ2n) is 2.90. The van der Waals surface area contributed by atoms with E-state index < -0.39 is 5.97 Å². The number of carbonyl (C=O) groups excluding carboxylic acids is 2. The third-order valence-electron chi connectivity index (χ3n) is 1.84. The lowest BCUT2D eigenvalue weighted by Gasteiger charge is -2.06. The third kappa shape index (κ3) is 3.23. The Morgan fingerprint density at radius 2 is 2.25 bits per heavy atom. The number of esters is 1. The lowest BCUT2D eigenvalue weighted by atomic mass is 10.2. The normalized spacial score (nSPS) is 9.38. The van der Waals surface area contributed by atoms with Crippen LogP contribution in [-0.2, 0) is 20.7 Å². The summed E-state index contributed by atoms with van der Waals surface area (Å²) in [6, 6.07) is 3.13. The molecule has 0 spiro atoms. The summed E-state index contributed by atoms with van der Waals surface area (Å²) in [5.41, 5.74) is 0.983. The molecule has 16 heavy (non-hydrogen) atoms. The van der Waals surface area contributed by atoms with Gasteiger partial charge in [-0.25, -0.2) is 4.98 Å². The number of hydrogen-bond acceptors (Lipinski definition) is 5. The summed E-state index contributed by atoms with van der Waals surface area (Å²) < 4.78 is 9.46. The van der Waals surface area contributed by atoms with Gasteiger partial charge in [-0.15, -0.1) is 0 Å². The van der Waals surface area contributed by atoms with E-state index in [1.807, 2.05) is 0 Å². The highest BCUT2D eigenvalue weighted by Crippen LogP contribution is 2.16. The van der Waals surface area contributed by atoms with Crippen molar-refractivity contribution < 1.29 is 19.1 Å². The van der Waals surface area contributed by atoms with E-state index in [-0.39, 0.29) is 6.42 Å². The Morgan fingerprint density at radius 1 is 1.50 bits per heavy atom. The zero-order chi connectivity index (χ0) is 12.0. The van der Waals surface area contributed by atoms with Gasteiger partial charge < -0.3 is 14.8 Å². The highest BCUT2D eigenvalue weighted by Gasteiger charge is 2.07. The van der Waals surface area contributed by atoms with Crippen LogP contribution in [0.4, 0.5) is 5.69 Å². The van der Waals surface area contributed by atoms with Crippen molar-refractivity contribution >= 4 is 18.1 Å². The van der Waals surface area contributed by atoms with E-state index in [1.54, 1.807) is 12.1 Å². The Hall–Kier alpha value is -2.11. The first-order valence-corrected chi connectivity index (χ1v) is 4.51. The number of hydrogen-bond donors (Lipinski definition) is 1. The fraction of sp³-hybridized carbons (Fsp3) is 0.300. The minimum atomic E-state index is -0.405. The van der Waals surface area contributed by atoms with Gasteiger partial charge in [-0.1, -0.05) is 0 Å². The van der Waals surface area contributed by atoms with Crippen LogP contribution in [0.2, 0.25) is 0 Å². The van der Waals surface area contributed by atoms with Gasteiger partial charge in [0.15, 0.2) is 0 Å². The van der Waals surface area contributed by atoms with Crippen molar-refractivity contribution in [1.82, 2.24) is 4.98 Å². The summed E-state index contributed by atoms with van der Waals surface area (Å²) in [7, 11) is 2.75. The number of rotatable bonds is 5. The number of carbonyl (C=O) groups is 2. The summed E-state index contributed by atoms with van der Waals surface area (Å²) in [5.74, 6) is -0.0800. The van der Waals surface area contributed by atoms with Crippen molar-refractivity contribution in [1.29, 1.82) is 0 Å². The molecule has 0 atom stereocenters. The Balaban J connectivity index is 2.94. The molecule has 1 N–H and O–H groups in total. The Bertz CT molecular complexity index is 392. The van der Waals surface area contributed by atoms with Gasteiger partial charge in [-0.05, 0) is 6.07 Å². The molecule has 0 saturated carbocycles. The molecule has 0 bridgehead atoms. The summed E-state index contributed by atoms with van der Waals surface area (Å²) in [6.45, 7) is 0. The molecule has 6 heteroatoms. The molecule has 1 aromatic heterocycles. The average molecular weight is 224 g/mol. The predicted octanol–water partition coefficient (Wildman–Crippen LogP) is 0.374. The lowest BCUT2D eigenvalue weighted by Crippen LogP contribution is -2.07. The van der Waals surface area contributed by atoms with E-state index in [0.29, 0.717) is 23.7 Å². The maximum atomic E-state index is 11.1. The predicted molar refractivity (Wildman–Crippen MR) is 56.2 cm³/mol. The van der Waals surface area contributed by atoms with Crippen LogP contribution < -0.4 is 10.1 Å². The average Bonchev–Trinajstić information content (AvgIpc) is 2.29. The van der Waals surface area contributed by atoms with Gasteiger partial charge in [0.2, 0.25) is 12.3 Å². The van der Waals surface area contributed by atoms with Gasteiger partial charge in [0, 0.05) is 11.8 Å². The third-order valence-corrected chi connectivity index (χ3v) is 1.84. The molecule has 0 aliphatic carbocycles. The van der Waals surface area contributed by atoms with Crippen LogP contribution in [0.5, 0.6) is 5.88 Å². The lowest BCUT2D eigenvalue weighted by molar-refractivity contribution is -0.139. The second-order valence-corrected chi connectivity index (χ2v) is 2.90. The first-order chi connectivity index (χ1) is 7.69. The van der Waals surface area contributed by atoms with Crippen molar-refractivity contribution in [3.8, 4) is 5.88 Å². The largest absolute Gasteiger partial charge is 0.481 e. The number of anilines is 1. The van der Waals surface area contributed by atoms with E-state index in [2.05, 4.69) is 15.0 Å². The molecular formula is C10H12N2O4. The molecule has 6 nitrogen and oxygen atoms in total. The van der Waals surface area contributed by atoms with Crippen LogP contribution >= 0.6 is 0 Å². The van der Waals surface area contributed by atoms with Crippen LogP contribution in [0.1, 0.15) is 5.69 Å². The van der Waals surface area contributed by atoms with Crippen LogP contribution in [-0.4, -0.2) is 31.6 Å². The van der Waals surface area contributed by atoms with Gasteiger partial charge in [0.05, 0.1) is 26.3 Å². The number of aromatic nitrogens is 1. The number of pyridine rings is 1. The SMILES string of the molecule is COC(=O)Cc1cc(NC=O)cc(OC)n1. The number of nitrogens with one attached hydrogen (secondary N) is 1. The summed E-state index contributed by atoms with van der Waals surface area (Å²) in [4.78, 5) is 25.4. The van der Waals surface area contributed by atoms with E-state index in [1.165, 1.54) is 14.2 Å². The monoisotopic (exact) mass is 224 g/mol. The maximum absolute atomic E-state index is 11.1. The van der Waals surface area contributed by atoms with E-state index >= 15 is 0 Å². The number of nitrogens with zero attached hydrogens (tertiary/aromatic N) is 1. The number of methoxy groups -OCH3 is 2. The quantitative estimate of drug-likeness (QED) is 0.577. The summed E-state index contributed by atoms with van der Waals surface area (Å²) in [6.07, 6.45) is 0.567. The minimum absolute atomic E-state index is 0.0290. The molecule has 0 aliphatic heterocycles. The van der Waals surface area contributed by atoms with E-state index in [4.69, 9.17) is 4.74 Å². The molecular weight excluding hydrogens is 212 g/mol. The van der Waals surface area contributed by atoms with Crippen LogP contribution in [0.15, 0.2) is 12.1 Å². The van der Waals surface area contributed by atoms with Crippen LogP contribution in [0.3, 0.4) is 0 Å². The molecule has 86 valence electrons. The highest BCUT2D eigenvalue weighted by molar-refractivity contribution is 5.74. The van der Waals surface area contributed by atoms with Crippen molar-refractivity contribution in [3.63, 3.8) is 0 Å². The maximum Gasteiger partial charge on any atom is 0.311 e. The van der Waals surface area contributed by atoms with Gasteiger partial charge in [0.1, 0.15) is 0 Å². The van der Waals surface area contributed by atoms with Crippen molar-refractivity contribution in [3.05, 3.63) is 17.8 Å². The topological polar surface area (TPSA) is 77.5 Å². The zero-order valence-corrected chi connectivity index (χ0v) is 9.02. The van der Waals surface area contributed by atoms with Crippen molar-refractivity contribution in [2.45, 2.75) is 6.42 Å². The van der Waals surface area contributed by atoms with Gasteiger partial charge in [-0.2, -0.15) is 0 Å². The van der Waals surface area contributed by atoms with Crippen LogP contribution in [0.25, 0.3) is 0 Å². The zero-order valence-electron chi connectivity index (χ0n) is 9.02. The van der Waals surface area contributed by atoms with Crippen molar-refractivity contribution in [2.24, 2.45) is 0 Å². The molecule has 1 rings (SSSR count). The summed E-state index contributed by atoms with van der Waals surface area (Å²) in [5, 5.41) is 2.46. The van der Waals surface area contributed by atoms with Crippen LogP contribution in [0, 0.1) is 0 Å². The molecule has 1 aromatic rings. The number of ether oxygens (including phenoxy) is 2. The molecule has 1 amide bonds. The minimum Gasteiger partial charge on any atom is -0.481 e. The molecule has 0 aliphatic rings. The van der Waals surface area contributed by atoms with Gasteiger partial charge in [0.25, 0.3) is 0 Å². The number of amides is 1. The molecule has 1 heterocycles. The van der Waals surface area contributed by atoms with Crippen molar-refractivity contribution in [2.75, 3.05) is 19.5 Å². The molecule has 0 aromatic carbocycles. The summed E-state index contributed by atoms with van der Waals surface area (Å²) >= 11 is 0. The Kier molecular flexibility index (Phi) is 4.26. The fourth-order valence-corrected chi connectivity index (χ4v) is 1.13. The molecule has 0 unspecified atom stereocenters. The Morgan fingerprint density at radius 3 is 2.81 bits per heavy atom. The second kappa shape index (κ2) is 5.69. The van der Waals surface area contributed by atoms with Gasteiger partial charge >= 0.3 is 5.97 Å². The van der Waals surface area contributed by atoms with E-state index in [0.717, 1.165) is 0 Å². The molecule has 0 fully saturated rings. The molecule has 0 saturated heterocycles. The highest BCUT2D eigenvalue weighted by atomic mass is 16.5. The molecule has 0 radical (unpaired) electrons.